The van der Waals surface area contributed by atoms with Crippen LogP contribution in [0, 0.1) is 5.41 Å². The van der Waals surface area contributed by atoms with Gasteiger partial charge >= 0.3 is 0 Å². The fraction of sp³-hybridized carbons (Fsp3) is 0.538. The van der Waals surface area contributed by atoms with Crippen LogP contribution < -0.4 is 5.73 Å². The van der Waals surface area contributed by atoms with Crippen LogP contribution in [0.2, 0.25) is 0 Å². The summed E-state index contributed by atoms with van der Waals surface area (Å²) in [6, 6.07) is 9.97. The lowest BCUT2D eigenvalue weighted by molar-refractivity contribution is 0.0407. The number of benzene rings is 1. The summed E-state index contributed by atoms with van der Waals surface area (Å²) < 4.78 is 0. The molecular weight excluding hydrogens is 186 g/mol. The van der Waals surface area contributed by atoms with E-state index in [1.807, 2.05) is 51.1 Å². The molecule has 0 aliphatic heterocycles. The minimum atomic E-state index is -0.412. The van der Waals surface area contributed by atoms with Gasteiger partial charge in [0.1, 0.15) is 0 Å². The Balaban J connectivity index is 2.90. The number of hydrogen-bond donors (Lipinski definition) is 2. The summed E-state index contributed by atoms with van der Waals surface area (Å²) in [6.45, 7) is 6.57. The fourth-order valence-corrected chi connectivity index (χ4v) is 1.75. The van der Waals surface area contributed by atoms with Gasteiger partial charge < -0.3 is 10.8 Å². The standard InChI is InChI=1S/C13H21NO/c1-13(2,3)12(15)11(9-14)10-7-5-4-6-8-10/h4-8,11-12,15H,9,14H2,1-3H3. The first-order valence-corrected chi connectivity index (χ1v) is 5.40. The summed E-state index contributed by atoms with van der Waals surface area (Å²) in [5.41, 5.74) is 6.72. The largest absolute Gasteiger partial charge is 0.392 e. The third kappa shape index (κ3) is 3.05. The van der Waals surface area contributed by atoms with E-state index in [1.54, 1.807) is 0 Å². The Bertz CT molecular complexity index is 289. The first-order chi connectivity index (χ1) is 6.96. The second kappa shape index (κ2) is 4.77. The molecule has 15 heavy (non-hydrogen) atoms. The number of hydrogen-bond acceptors (Lipinski definition) is 2. The topological polar surface area (TPSA) is 46.2 Å². The number of rotatable bonds is 3. The van der Waals surface area contributed by atoms with Gasteiger partial charge in [0.2, 0.25) is 0 Å². The molecule has 0 aliphatic rings. The van der Waals surface area contributed by atoms with Crippen molar-refractivity contribution in [2.75, 3.05) is 6.54 Å². The van der Waals surface area contributed by atoms with Gasteiger partial charge in [-0.2, -0.15) is 0 Å². The molecule has 0 spiro atoms. The van der Waals surface area contributed by atoms with Crippen molar-refractivity contribution >= 4 is 0 Å². The highest BCUT2D eigenvalue weighted by atomic mass is 16.3. The molecule has 1 aromatic rings. The van der Waals surface area contributed by atoms with Crippen molar-refractivity contribution in [3.63, 3.8) is 0 Å². The molecule has 2 nitrogen and oxygen atoms in total. The monoisotopic (exact) mass is 207 g/mol. The van der Waals surface area contributed by atoms with E-state index in [1.165, 1.54) is 0 Å². The lowest BCUT2D eigenvalue weighted by Gasteiger charge is -2.32. The Hall–Kier alpha value is -0.860. The zero-order chi connectivity index (χ0) is 11.5. The molecular formula is C13H21NO. The Labute approximate surface area is 92.1 Å². The molecule has 2 heteroatoms. The van der Waals surface area contributed by atoms with Gasteiger partial charge in [0.25, 0.3) is 0 Å². The molecule has 0 aliphatic carbocycles. The van der Waals surface area contributed by atoms with E-state index in [0.29, 0.717) is 6.54 Å². The van der Waals surface area contributed by atoms with Crippen molar-refractivity contribution in [1.82, 2.24) is 0 Å². The van der Waals surface area contributed by atoms with Gasteiger partial charge in [-0.3, -0.25) is 0 Å². The molecule has 2 unspecified atom stereocenters. The van der Waals surface area contributed by atoms with Crippen molar-refractivity contribution < 1.29 is 5.11 Å². The average Bonchev–Trinajstić information content (AvgIpc) is 2.19. The maximum absolute atomic E-state index is 10.2. The maximum atomic E-state index is 10.2. The maximum Gasteiger partial charge on any atom is 0.0669 e. The highest BCUT2D eigenvalue weighted by Gasteiger charge is 2.30. The van der Waals surface area contributed by atoms with E-state index in [-0.39, 0.29) is 11.3 Å². The van der Waals surface area contributed by atoms with Crippen molar-refractivity contribution in [3.05, 3.63) is 35.9 Å². The molecule has 84 valence electrons. The van der Waals surface area contributed by atoms with Crippen LogP contribution in [-0.4, -0.2) is 17.8 Å². The predicted molar refractivity (Wildman–Crippen MR) is 63.7 cm³/mol. The quantitative estimate of drug-likeness (QED) is 0.797. The molecule has 0 heterocycles. The molecule has 0 saturated carbocycles. The van der Waals surface area contributed by atoms with E-state index < -0.39 is 6.10 Å². The summed E-state index contributed by atoms with van der Waals surface area (Å²) in [6.07, 6.45) is -0.412. The molecule has 0 aromatic heterocycles. The van der Waals surface area contributed by atoms with E-state index in [9.17, 15) is 5.11 Å². The Morgan fingerprint density at radius 1 is 1.20 bits per heavy atom. The fourth-order valence-electron chi connectivity index (χ4n) is 1.75. The summed E-state index contributed by atoms with van der Waals surface area (Å²) in [4.78, 5) is 0. The van der Waals surface area contributed by atoms with Crippen LogP contribution in [0.4, 0.5) is 0 Å². The van der Waals surface area contributed by atoms with Crippen molar-refractivity contribution in [3.8, 4) is 0 Å². The Morgan fingerprint density at radius 3 is 2.13 bits per heavy atom. The zero-order valence-electron chi connectivity index (χ0n) is 9.77. The van der Waals surface area contributed by atoms with Gasteiger partial charge in [-0.05, 0) is 11.0 Å². The van der Waals surface area contributed by atoms with E-state index in [4.69, 9.17) is 5.73 Å². The average molecular weight is 207 g/mol. The highest BCUT2D eigenvalue weighted by molar-refractivity contribution is 5.21. The van der Waals surface area contributed by atoms with Gasteiger partial charge in [0.15, 0.2) is 0 Å². The van der Waals surface area contributed by atoms with Crippen LogP contribution in [0.15, 0.2) is 30.3 Å². The first kappa shape index (κ1) is 12.2. The van der Waals surface area contributed by atoms with Crippen LogP contribution >= 0.6 is 0 Å². The Kier molecular flexibility index (Phi) is 3.89. The smallest absolute Gasteiger partial charge is 0.0669 e. The van der Waals surface area contributed by atoms with Gasteiger partial charge in [-0.1, -0.05) is 51.1 Å². The van der Waals surface area contributed by atoms with E-state index in [2.05, 4.69) is 0 Å². The third-order valence-corrected chi connectivity index (χ3v) is 2.75. The second-order valence-corrected chi connectivity index (χ2v) is 5.06. The lowest BCUT2D eigenvalue weighted by Crippen LogP contribution is -2.36. The van der Waals surface area contributed by atoms with Crippen molar-refractivity contribution in [1.29, 1.82) is 0 Å². The van der Waals surface area contributed by atoms with Crippen LogP contribution in [0.3, 0.4) is 0 Å². The van der Waals surface area contributed by atoms with Gasteiger partial charge in [-0.25, -0.2) is 0 Å². The van der Waals surface area contributed by atoms with Crippen LogP contribution in [0.5, 0.6) is 0 Å². The summed E-state index contributed by atoms with van der Waals surface area (Å²) in [7, 11) is 0. The van der Waals surface area contributed by atoms with Crippen molar-refractivity contribution in [2.24, 2.45) is 11.1 Å². The van der Waals surface area contributed by atoms with Gasteiger partial charge in [-0.15, -0.1) is 0 Å². The third-order valence-electron chi connectivity index (χ3n) is 2.75. The van der Waals surface area contributed by atoms with Crippen LogP contribution in [0.1, 0.15) is 32.3 Å². The summed E-state index contributed by atoms with van der Waals surface area (Å²) in [5.74, 6) is 0.0196. The van der Waals surface area contributed by atoms with Crippen LogP contribution in [-0.2, 0) is 0 Å². The molecule has 0 fully saturated rings. The second-order valence-electron chi connectivity index (χ2n) is 5.06. The number of nitrogens with two attached hydrogens (primary N) is 1. The molecule has 0 bridgehead atoms. The van der Waals surface area contributed by atoms with Gasteiger partial charge in [0, 0.05) is 12.5 Å². The highest BCUT2D eigenvalue weighted by Crippen LogP contribution is 2.30. The summed E-state index contributed by atoms with van der Waals surface area (Å²) in [5, 5.41) is 10.2. The van der Waals surface area contributed by atoms with E-state index in [0.717, 1.165) is 5.56 Å². The zero-order valence-corrected chi connectivity index (χ0v) is 9.77. The molecule has 0 saturated heterocycles. The molecule has 2 atom stereocenters. The number of aliphatic hydroxyl groups is 1. The van der Waals surface area contributed by atoms with Gasteiger partial charge in [0.05, 0.1) is 6.10 Å². The van der Waals surface area contributed by atoms with Crippen LogP contribution in [0.25, 0.3) is 0 Å². The molecule has 1 rings (SSSR count). The predicted octanol–water partition coefficient (Wildman–Crippen LogP) is 2.14. The molecule has 0 radical (unpaired) electrons. The molecule has 1 aromatic carbocycles. The minimum absolute atomic E-state index is 0.0196. The lowest BCUT2D eigenvalue weighted by atomic mass is 9.78. The first-order valence-electron chi connectivity index (χ1n) is 5.40. The molecule has 3 N–H and O–H groups in total. The molecule has 0 amide bonds. The Morgan fingerprint density at radius 2 is 1.73 bits per heavy atom. The SMILES string of the molecule is CC(C)(C)C(O)C(CN)c1ccccc1. The minimum Gasteiger partial charge on any atom is -0.392 e. The normalized spacial score (nSPS) is 16.1. The van der Waals surface area contributed by atoms with Crippen molar-refractivity contribution in [2.45, 2.75) is 32.8 Å². The van der Waals surface area contributed by atoms with E-state index >= 15 is 0 Å². The summed E-state index contributed by atoms with van der Waals surface area (Å²) >= 11 is 0. The number of aliphatic hydroxyl groups excluding tert-OH is 1.